The average Bonchev–Trinajstić information content (AvgIpc) is 3.57. The van der Waals surface area contributed by atoms with Crippen molar-refractivity contribution in [3.8, 4) is 22.8 Å². The standard InChI is InChI=1S/C27H29ClF3N7/c1-6-36-15-22(27(29,30)31)34-25(36)17-7-9-18(10-8-17)33-24-21-13-20(35-37(21)12-11-26(24,4)5)23-19(28)14-32-38(23)16(2)3/h7-10,13-16H,6,11-12H2,1-5H3. The number of aryl methyl sites for hydroxylation is 2. The van der Waals surface area contributed by atoms with Crippen molar-refractivity contribution in [3.63, 3.8) is 0 Å². The lowest BCUT2D eigenvalue weighted by molar-refractivity contribution is -0.140. The zero-order chi connectivity index (χ0) is 27.4. The molecule has 5 rings (SSSR count). The highest BCUT2D eigenvalue weighted by Crippen LogP contribution is 2.38. The van der Waals surface area contributed by atoms with Crippen LogP contribution in [0.25, 0.3) is 22.8 Å². The van der Waals surface area contributed by atoms with Crippen LogP contribution in [0.5, 0.6) is 0 Å². The molecule has 0 saturated heterocycles. The lowest BCUT2D eigenvalue weighted by atomic mass is 9.80. The predicted molar refractivity (Wildman–Crippen MR) is 142 cm³/mol. The third kappa shape index (κ3) is 4.66. The summed E-state index contributed by atoms with van der Waals surface area (Å²) in [4.78, 5) is 8.85. The molecule has 38 heavy (non-hydrogen) atoms. The Labute approximate surface area is 224 Å². The Hall–Kier alpha value is -3.40. The van der Waals surface area contributed by atoms with Gasteiger partial charge >= 0.3 is 6.18 Å². The number of halogens is 4. The highest BCUT2D eigenvalue weighted by molar-refractivity contribution is 6.33. The topological polar surface area (TPSA) is 65.8 Å². The smallest absolute Gasteiger partial charge is 0.331 e. The first kappa shape index (κ1) is 26.2. The van der Waals surface area contributed by atoms with Gasteiger partial charge in [-0.1, -0.05) is 25.4 Å². The van der Waals surface area contributed by atoms with Crippen LogP contribution in [0.15, 0.2) is 47.7 Å². The van der Waals surface area contributed by atoms with E-state index in [1.807, 2.05) is 29.3 Å². The molecule has 0 saturated carbocycles. The molecule has 7 nitrogen and oxygen atoms in total. The monoisotopic (exact) mass is 543 g/mol. The molecule has 0 fully saturated rings. The summed E-state index contributed by atoms with van der Waals surface area (Å²) < 4.78 is 45.0. The maximum absolute atomic E-state index is 13.2. The SMILES string of the molecule is CCn1cc(C(F)(F)F)nc1-c1ccc(N=C2c3cc(-c4c(Cl)cnn4C(C)C)nn3CCC2(C)C)cc1. The van der Waals surface area contributed by atoms with E-state index in [1.165, 1.54) is 4.57 Å². The van der Waals surface area contributed by atoms with E-state index >= 15 is 0 Å². The van der Waals surface area contributed by atoms with E-state index in [0.717, 1.165) is 42.0 Å². The molecule has 1 aliphatic heterocycles. The summed E-state index contributed by atoms with van der Waals surface area (Å²) in [7, 11) is 0. The van der Waals surface area contributed by atoms with Gasteiger partial charge in [-0.3, -0.25) is 14.4 Å². The Bertz CT molecular complexity index is 1500. The number of alkyl halides is 3. The van der Waals surface area contributed by atoms with Crippen molar-refractivity contribution in [1.29, 1.82) is 0 Å². The summed E-state index contributed by atoms with van der Waals surface area (Å²) in [6, 6.07) is 9.26. The van der Waals surface area contributed by atoms with Crippen molar-refractivity contribution in [2.75, 3.05) is 0 Å². The molecule has 0 aliphatic carbocycles. The van der Waals surface area contributed by atoms with Gasteiger partial charge in [0.05, 0.1) is 28.3 Å². The number of nitrogens with zero attached hydrogens (tertiary/aromatic N) is 7. The highest BCUT2D eigenvalue weighted by Gasteiger charge is 2.36. The number of benzene rings is 1. The third-order valence-corrected chi connectivity index (χ3v) is 7.15. The predicted octanol–water partition coefficient (Wildman–Crippen LogP) is 7.43. The van der Waals surface area contributed by atoms with E-state index in [2.05, 4.69) is 23.9 Å². The minimum Gasteiger partial charge on any atom is -0.331 e. The second kappa shape index (κ2) is 9.41. The fraction of sp³-hybridized carbons (Fsp3) is 0.407. The van der Waals surface area contributed by atoms with Crippen LogP contribution in [-0.2, 0) is 19.3 Å². The minimum absolute atomic E-state index is 0.120. The zero-order valence-corrected chi connectivity index (χ0v) is 22.6. The zero-order valence-electron chi connectivity index (χ0n) is 21.9. The maximum atomic E-state index is 13.2. The normalized spacial score (nSPS) is 16.4. The van der Waals surface area contributed by atoms with E-state index < -0.39 is 11.9 Å². The molecule has 0 unspecified atom stereocenters. The number of fused-ring (bicyclic) bond motifs is 1. The first-order valence-corrected chi connectivity index (χ1v) is 12.9. The molecule has 0 spiro atoms. The van der Waals surface area contributed by atoms with Crippen molar-refractivity contribution in [3.05, 3.63) is 59.1 Å². The van der Waals surface area contributed by atoms with Crippen molar-refractivity contribution in [2.45, 2.75) is 66.3 Å². The molecule has 0 N–H and O–H groups in total. The number of hydrogen-bond donors (Lipinski definition) is 0. The van der Waals surface area contributed by atoms with Gasteiger partial charge in [0.1, 0.15) is 17.2 Å². The highest BCUT2D eigenvalue weighted by atomic mass is 35.5. The number of aromatic nitrogens is 6. The van der Waals surface area contributed by atoms with Crippen LogP contribution in [-0.4, -0.2) is 34.8 Å². The molecule has 200 valence electrons. The summed E-state index contributed by atoms with van der Waals surface area (Å²) in [5, 5.41) is 9.79. The van der Waals surface area contributed by atoms with Gasteiger partial charge in [0.15, 0.2) is 5.69 Å². The van der Waals surface area contributed by atoms with Gasteiger partial charge in [0, 0.05) is 36.3 Å². The number of aliphatic imine (C=N–C) groups is 1. The van der Waals surface area contributed by atoms with Crippen molar-refractivity contribution in [2.24, 2.45) is 10.4 Å². The van der Waals surface area contributed by atoms with E-state index in [-0.39, 0.29) is 17.3 Å². The Kier molecular flexibility index (Phi) is 6.49. The molecule has 0 atom stereocenters. The van der Waals surface area contributed by atoms with Gasteiger partial charge in [-0.15, -0.1) is 0 Å². The molecule has 0 amide bonds. The first-order chi connectivity index (χ1) is 17.9. The largest absolute Gasteiger partial charge is 0.434 e. The molecule has 0 bridgehead atoms. The van der Waals surface area contributed by atoms with Crippen molar-refractivity contribution >= 4 is 23.0 Å². The van der Waals surface area contributed by atoms with E-state index in [4.69, 9.17) is 21.7 Å². The Morgan fingerprint density at radius 2 is 1.87 bits per heavy atom. The van der Waals surface area contributed by atoms with Crippen LogP contribution in [0, 0.1) is 5.41 Å². The number of hydrogen-bond acceptors (Lipinski definition) is 4. The summed E-state index contributed by atoms with van der Waals surface area (Å²) in [6.07, 6.45) is -0.961. The van der Waals surface area contributed by atoms with Crippen molar-refractivity contribution in [1.82, 2.24) is 29.1 Å². The molecular formula is C27H29ClF3N7. The molecule has 4 heterocycles. The van der Waals surface area contributed by atoms with Gasteiger partial charge in [-0.25, -0.2) is 4.98 Å². The summed E-state index contributed by atoms with van der Waals surface area (Å²) in [5.74, 6) is 0.276. The first-order valence-electron chi connectivity index (χ1n) is 12.5. The summed E-state index contributed by atoms with van der Waals surface area (Å²) in [6.45, 7) is 11.3. The third-order valence-electron chi connectivity index (χ3n) is 6.87. The van der Waals surface area contributed by atoms with Crippen LogP contribution in [0.2, 0.25) is 5.02 Å². The Morgan fingerprint density at radius 3 is 2.50 bits per heavy atom. The average molecular weight is 544 g/mol. The van der Waals surface area contributed by atoms with Gasteiger partial charge in [0.25, 0.3) is 0 Å². The maximum Gasteiger partial charge on any atom is 0.434 e. The number of rotatable bonds is 5. The summed E-state index contributed by atoms with van der Waals surface area (Å²) in [5.41, 5.74) is 3.49. The molecule has 0 radical (unpaired) electrons. The lowest BCUT2D eigenvalue weighted by Gasteiger charge is -2.32. The van der Waals surface area contributed by atoms with Crippen LogP contribution < -0.4 is 0 Å². The molecule has 11 heteroatoms. The fourth-order valence-corrected chi connectivity index (χ4v) is 4.99. The molecule has 3 aromatic heterocycles. The number of imidazole rings is 1. The van der Waals surface area contributed by atoms with E-state index in [9.17, 15) is 13.2 Å². The quantitative estimate of drug-likeness (QED) is 0.263. The molecular weight excluding hydrogens is 515 g/mol. The molecule has 4 aromatic rings. The van der Waals surface area contributed by atoms with E-state index in [0.29, 0.717) is 22.8 Å². The minimum atomic E-state index is -4.49. The van der Waals surface area contributed by atoms with Crippen molar-refractivity contribution < 1.29 is 13.2 Å². The Balaban J connectivity index is 1.53. The molecule has 1 aliphatic rings. The second-order valence-corrected chi connectivity index (χ2v) is 10.8. The second-order valence-electron chi connectivity index (χ2n) is 10.4. The fourth-order valence-electron chi connectivity index (χ4n) is 4.76. The van der Waals surface area contributed by atoms with Gasteiger partial charge in [-0.2, -0.15) is 23.4 Å². The Morgan fingerprint density at radius 1 is 1.16 bits per heavy atom. The van der Waals surface area contributed by atoms with Crippen LogP contribution in [0.1, 0.15) is 58.5 Å². The van der Waals surface area contributed by atoms with Crippen LogP contribution >= 0.6 is 11.6 Å². The van der Waals surface area contributed by atoms with Crippen LogP contribution in [0.4, 0.5) is 18.9 Å². The van der Waals surface area contributed by atoms with Crippen LogP contribution in [0.3, 0.4) is 0 Å². The lowest BCUT2D eigenvalue weighted by Crippen LogP contribution is -2.34. The van der Waals surface area contributed by atoms with E-state index in [1.54, 1.807) is 37.4 Å². The molecule has 1 aromatic carbocycles. The van der Waals surface area contributed by atoms with Gasteiger partial charge < -0.3 is 4.57 Å². The van der Waals surface area contributed by atoms with Gasteiger partial charge in [-0.05, 0) is 57.5 Å². The van der Waals surface area contributed by atoms with Gasteiger partial charge in [0.2, 0.25) is 0 Å². The summed E-state index contributed by atoms with van der Waals surface area (Å²) >= 11 is 6.49.